The molecule has 0 fully saturated rings. The smallest absolute Gasteiger partial charge is 0.251 e. The van der Waals surface area contributed by atoms with Gasteiger partial charge in [-0.25, -0.2) is 0 Å². The molecule has 0 spiro atoms. The quantitative estimate of drug-likeness (QED) is 0.794. The summed E-state index contributed by atoms with van der Waals surface area (Å²) >= 11 is 3.40. The summed E-state index contributed by atoms with van der Waals surface area (Å²) in [6.45, 7) is 4.60. The zero-order valence-electron chi connectivity index (χ0n) is 10.9. The van der Waals surface area contributed by atoms with E-state index in [1.165, 1.54) is 0 Å². The van der Waals surface area contributed by atoms with Crippen LogP contribution in [0.5, 0.6) is 0 Å². The molecule has 0 unspecified atom stereocenters. The third-order valence-electron chi connectivity index (χ3n) is 2.70. The first-order valence-corrected chi connectivity index (χ1v) is 6.95. The van der Waals surface area contributed by atoms with E-state index in [-0.39, 0.29) is 5.91 Å². The van der Waals surface area contributed by atoms with E-state index in [0.717, 1.165) is 15.9 Å². The molecular formula is C15H15BrN2O2. The first kappa shape index (κ1) is 14.4. The van der Waals surface area contributed by atoms with Gasteiger partial charge >= 0.3 is 0 Å². The highest BCUT2D eigenvalue weighted by Gasteiger charge is 2.05. The van der Waals surface area contributed by atoms with Crippen LogP contribution in [0.4, 0.5) is 5.69 Å². The average molecular weight is 335 g/mol. The Morgan fingerprint density at radius 1 is 1.30 bits per heavy atom. The van der Waals surface area contributed by atoms with E-state index in [0.29, 0.717) is 18.7 Å². The van der Waals surface area contributed by atoms with Gasteiger partial charge in [0.15, 0.2) is 0 Å². The number of rotatable bonds is 6. The van der Waals surface area contributed by atoms with Crippen molar-refractivity contribution in [2.45, 2.75) is 6.54 Å². The van der Waals surface area contributed by atoms with Gasteiger partial charge in [0.2, 0.25) is 0 Å². The third-order valence-corrected chi connectivity index (χ3v) is 3.40. The fraction of sp³-hybridized carbons (Fsp3) is 0.133. The van der Waals surface area contributed by atoms with Crippen molar-refractivity contribution in [1.29, 1.82) is 0 Å². The standard InChI is InChI=1S/C15H15BrN2O2/c1-2-8-17-15(19)11-3-5-12(6-4-11)18-10-14-13(16)7-9-20-14/h2-7,9,18H,1,8,10H2,(H,17,19). The summed E-state index contributed by atoms with van der Waals surface area (Å²) in [6, 6.07) is 9.12. The number of halogens is 1. The Kier molecular flexibility index (Phi) is 5.01. The molecule has 0 atom stereocenters. The molecule has 0 saturated carbocycles. The number of carbonyl (C=O) groups is 1. The first-order chi connectivity index (χ1) is 9.70. The fourth-order valence-electron chi connectivity index (χ4n) is 1.64. The minimum absolute atomic E-state index is 0.106. The Morgan fingerprint density at radius 3 is 2.65 bits per heavy atom. The monoisotopic (exact) mass is 334 g/mol. The number of hydrogen-bond acceptors (Lipinski definition) is 3. The predicted molar refractivity (Wildman–Crippen MR) is 82.7 cm³/mol. The number of nitrogens with one attached hydrogen (secondary N) is 2. The minimum Gasteiger partial charge on any atom is -0.466 e. The summed E-state index contributed by atoms with van der Waals surface area (Å²) < 4.78 is 6.24. The number of benzene rings is 1. The SMILES string of the molecule is C=CCNC(=O)c1ccc(NCc2occc2Br)cc1. The molecule has 2 N–H and O–H groups in total. The van der Waals surface area contributed by atoms with Crippen molar-refractivity contribution < 1.29 is 9.21 Å². The highest BCUT2D eigenvalue weighted by molar-refractivity contribution is 9.10. The lowest BCUT2D eigenvalue weighted by Crippen LogP contribution is -2.23. The molecule has 0 aliphatic heterocycles. The number of furan rings is 1. The summed E-state index contributed by atoms with van der Waals surface area (Å²) in [5.74, 6) is 0.725. The highest BCUT2D eigenvalue weighted by atomic mass is 79.9. The summed E-state index contributed by atoms with van der Waals surface area (Å²) in [6.07, 6.45) is 3.28. The Labute approximate surface area is 126 Å². The molecule has 1 heterocycles. The second kappa shape index (κ2) is 6.96. The van der Waals surface area contributed by atoms with E-state index in [1.807, 2.05) is 18.2 Å². The molecule has 0 saturated heterocycles. The van der Waals surface area contributed by atoms with Crippen LogP contribution in [0, 0.1) is 0 Å². The van der Waals surface area contributed by atoms with Crippen LogP contribution in [0.1, 0.15) is 16.1 Å². The van der Waals surface area contributed by atoms with Crippen LogP contribution in [0.3, 0.4) is 0 Å². The lowest BCUT2D eigenvalue weighted by atomic mass is 10.2. The van der Waals surface area contributed by atoms with E-state index >= 15 is 0 Å². The Balaban J connectivity index is 1.93. The molecule has 1 aromatic carbocycles. The molecule has 2 aromatic rings. The van der Waals surface area contributed by atoms with Gasteiger partial charge in [-0.3, -0.25) is 4.79 Å². The summed E-state index contributed by atoms with van der Waals surface area (Å²) in [4.78, 5) is 11.7. The Hall–Kier alpha value is -2.01. The van der Waals surface area contributed by atoms with Gasteiger partial charge in [-0.1, -0.05) is 6.08 Å². The van der Waals surface area contributed by atoms with Crippen LogP contribution in [0.25, 0.3) is 0 Å². The second-order valence-corrected chi connectivity index (χ2v) is 4.98. The molecule has 5 heteroatoms. The second-order valence-electron chi connectivity index (χ2n) is 4.12. The Morgan fingerprint density at radius 2 is 2.05 bits per heavy atom. The zero-order chi connectivity index (χ0) is 14.4. The third kappa shape index (κ3) is 3.74. The van der Waals surface area contributed by atoms with Gasteiger partial charge in [0.25, 0.3) is 5.91 Å². The highest BCUT2D eigenvalue weighted by Crippen LogP contribution is 2.19. The molecule has 1 amide bonds. The predicted octanol–water partition coefficient (Wildman–Crippen LogP) is 3.57. The number of amides is 1. The maximum absolute atomic E-state index is 11.7. The van der Waals surface area contributed by atoms with Crippen molar-refractivity contribution in [2.75, 3.05) is 11.9 Å². The lowest BCUT2D eigenvalue weighted by Gasteiger charge is -2.06. The molecule has 0 aliphatic carbocycles. The largest absolute Gasteiger partial charge is 0.466 e. The minimum atomic E-state index is -0.106. The van der Waals surface area contributed by atoms with Crippen molar-refractivity contribution >= 4 is 27.5 Å². The number of hydrogen-bond donors (Lipinski definition) is 2. The van der Waals surface area contributed by atoms with E-state index in [1.54, 1.807) is 24.5 Å². The molecule has 4 nitrogen and oxygen atoms in total. The van der Waals surface area contributed by atoms with E-state index in [9.17, 15) is 4.79 Å². The van der Waals surface area contributed by atoms with Gasteiger partial charge in [0.1, 0.15) is 5.76 Å². The lowest BCUT2D eigenvalue weighted by molar-refractivity contribution is 0.0958. The van der Waals surface area contributed by atoms with Crippen molar-refractivity contribution in [3.05, 3.63) is 65.0 Å². The average Bonchev–Trinajstić information content (AvgIpc) is 2.88. The molecule has 20 heavy (non-hydrogen) atoms. The summed E-state index contributed by atoms with van der Waals surface area (Å²) in [7, 11) is 0. The molecule has 1 aromatic heterocycles. The number of anilines is 1. The topological polar surface area (TPSA) is 54.3 Å². The maximum atomic E-state index is 11.7. The maximum Gasteiger partial charge on any atom is 0.251 e. The van der Waals surface area contributed by atoms with Gasteiger partial charge in [-0.05, 0) is 46.3 Å². The molecule has 2 rings (SSSR count). The summed E-state index contributed by atoms with van der Waals surface area (Å²) in [5.41, 5.74) is 1.55. The fourth-order valence-corrected chi connectivity index (χ4v) is 1.98. The van der Waals surface area contributed by atoms with Gasteiger partial charge in [-0.15, -0.1) is 6.58 Å². The van der Waals surface area contributed by atoms with Gasteiger partial charge < -0.3 is 15.1 Å². The molecule has 0 aliphatic rings. The molecule has 104 valence electrons. The van der Waals surface area contributed by atoms with Crippen molar-refractivity contribution in [2.24, 2.45) is 0 Å². The van der Waals surface area contributed by atoms with Crippen LogP contribution in [-0.4, -0.2) is 12.5 Å². The van der Waals surface area contributed by atoms with Crippen LogP contribution < -0.4 is 10.6 Å². The first-order valence-electron chi connectivity index (χ1n) is 6.15. The molecular weight excluding hydrogens is 320 g/mol. The van der Waals surface area contributed by atoms with Crippen LogP contribution in [0.2, 0.25) is 0 Å². The van der Waals surface area contributed by atoms with Crippen LogP contribution in [-0.2, 0) is 6.54 Å². The van der Waals surface area contributed by atoms with E-state index < -0.39 is 0 Å². The normalized spacial score (nSPS) is 10.1. The number of carbonyl (C=O) groups excluding carboxylic acids is 1. The zero-order valence-corrected chi connectivity index (χ0v) is 12.4. The van der Waals surface area contributed by atoms with E-state index in [4.69, 9.17) is 4.42 Å². The van der Waals surface area contributed by atoms with Crippen LogP contribution in [0.15, 0.2) is 58.1 Å². The molecule has 0 radical (unpaired) electrons. The van der Waals surface area contributed by atoms with Crippen LogP contribution >= 0.6 is 15.9 Å². The van der Waals surface area contributed by atoms with Gasteiger partial charge in [0.05, 0.1) is 17.3 Å². The molecule has 0 bridgehead atoms. The van der Waals surface area contributed by atoms with Crippen molar-refractivity contribution in [1.82, 2.24) is 5.32 Å². The van der Waals surface area contributed by atoms with E-state index in [2.05, 4.69) is 33.1 Å². The Bertz CT molecular complexity index is 590. The van der Waals surface area contributed by atoms with Gasteiger partial charge in [0, 0.05) is 17.8 Å². The van der Waals surface area contributed by atoms with Crippen molar-refractivity contribution in [3.63, 3.8) is 0 Å². The van der Waals surface area contributed by atoms with Gasteiger partial charge in [-0.2, -0.15) is 0 Å². The van der Waals surface area contributed by atoms with Crippen molar-refractivity contribution in [3.8, 4) is 0 Å². The summed E-state index contributed by atoms with van der Waals surface area (Å²) in [5, 5.41) is 5.96.